The van der Waals surface area contributed by atoms with Crippen molar-refractivity contribution in [2.75, 3.05) is 12.0 Å². The molecule has 31 heavy (non-hydrogen) atoms. The average Bonchev–Trinajstić information content (AvgIpc) is 2.82. The summed E-state index contributed by atoms with van der Waals surface area (Å²) in [5.74, 6) is 1.05. The summed E-state index contributed by atoms with van der Waals surface area (Å²) in [5, 5.41) is 19.4. The molecule has 0 bridgehead atoms. The fourth-order valence-corrected chi connectivity index (χ4v) is 3.02. The molecule has 0 saturated heterocycles. The van der Waals surface area contributed by atoms with Crippen LogP contribution in [0, 0.1) is 5.21 Å². The molecule has 0 aliphatic heterocycles. The Labute approximate surface area is 179 Å². The van der Waals surface area contributed by atoms with Crippen molar-refractivity contribution in [2.45, 2.75) is 0 Å². The van der Waals surface area contributed by atoms with Crippen LogP contribution >= 0.6 is 0 Å². The molecule has 1 aromatic heterocycles. The molecule has 154 valence electrons. The summed E-state index contributed by atoms with van der Waals surface area (Å²) < 4.78 is 6.31. The molecule has 4 rings (SSSR count). The Morgan fingerprint density at radius 3 is 2.45 bits per heavy atom. The summed E-state index contributed by atoms with van der Waals surface area (Å²) in [4.78, 5) is 16.4. The van der Waals surface area contributed by atoms with E-state index >= 15 is 0 Å². The highest BCUT2D eigenvalue weighted by molar-refractivity contribution is 6.06. The van der Waals surface area contributed by atoms with Gasteiger partial charge >= 0.3 is 0 Å². The summed E-state index contributed by atoms with van der Waals surface area (Å²) in [6.07, 6.45) is 4.56. The number of rotatable bonds is 7. The van der Waals surface area contributed by atoms with Gasteiger partial charge in [0.15, 0.2) is 6.67 Å². The van der Waals surface area contributed by atoms with Crippen LogP contribution in [0.25, 0.3) is 10.8 Å². The minimum Gasteiger partial charge on any atom is -0.714 e. The minimum absolute atomic E-state index is 0.182. The molecule has 3 aromatic carbocycles. The van der Waals surface area contributed by atoms with Gasteiger partial charge in [-0.15, -0.1) is 0 Å². The maximum absolute atomic E-state index is 12.5. The van der Waals surface area contributed by atoms with E-state index in [1.54, 1.807) is 54.9 Å². The first-order valence-corrected chi connectivity index (χ1v) is 9.66. The highest BCUT2D eigenvalue weighted by atomic mass is 16.5. The molecule has 1 amide bonds. The second-order valence-electron chi connectivity index (χ2n) is 6.69. The number of ether oxygens (including phenoxy) is 1. The van der Waals surface area contributed by atoms with Crippen LogP contribution in [-0.4, -0.2) is 28.6 Å². The number of aromatic nitrogens is 1. The van der Waals surface area contributed by atoms with E-state index in [0.29, 0.717) is 27.5 Å². The lowest BCUT2D eigenvalue weighted by Gasteiger charge is -2.12. The lowest BCUT2D eigenvalue weighted by Crippen LogP contribution is -2.31. The molecular formula is C24H20N4O3. The second-order valence-corrected chi connectivity index (χ2v) is 6.69. The summed E-state index contributed by atoms with van der Waals surface area (Å²) in [5.41, 5.74) is 1.24. The zero-order valence-electron chi connectivity index (χ0n) is 16.6. The Kier molecular flexibility index (Phi) is 6.04. The highest BCUT2D eigenvalue weighted by Gasteiger charge is 2.09. The number of benzene rings is 3. The van der Waals surface area contributed by atoms with Crippen LogP contribution in [0.3, 0.4) is 0 Å². The molecule has 0 radical (unpaired) electrons. The predicted octanol–water partition coefficient (Wildman–Crippen LogP) is 4.37. The van der Waals surface area contributed by atoms with Crippen molar-refractivity contribution >= 4 is 28.7 Å². The van der Waals surface area contributed by atoms with E-state index in [-0.39, 0.29) is 12.6 Å². The van der Waals surface area contributed by atoms with E-state index in [2.05, 4.69) is 15.6 Å². The third-order valence-corrected chi connectivity index (χ3v) is 4.54. The Morgan fingerprint density at radius 1 is 0.935 bits per heavy atom. The zero-order chi connectivity index (χ0) is 21.5. The molecular weight excluding hydrogens is 392 g/mol. The van der Waals surface area contributed by atoms with Gasteiger partial charge in [0.05, 0.1) is 0 Å². The van der Waals surface area contributed by atoms with Gasteiger partial charge in [-0.1, -0.05) is 36.4 Å². The number of nitrogens with zero attached hydrogens (tertiary/aromatic N) is 2. The van der Waals surface area contributed by atoms with E-state index in [1.807, 2.05) is 36.4 Å². The largest absolute Gasteiger partial charge is 0.714 e. The van der Waals surface area contributed by atoms with Gasteiger partial charge in [-0.3, -0.25) is 14.5 Å². The van der Waals surface area contributed by atoms with Gasteiger partial charge in [0, 0.05) is 18.0 Å². The van der Waals surface area contributed by atoms with Crippen LogP contribution in [0.4, 0.5) is 5.69 Å². The fraction of sp³-hybridized carbons (Fsp3) is 0.0417. The van der Waals surface area contributed by atoms with Crippen LogP contribution in [0.5, 0.6) is 11.5 Å². The number of nitrogens with one attached hydrogen (secondary N) is 2. The number of fused-ring (bicyclic) bond motifs is 1. The number of hydrogen-bond acceptors (Lipinski definition) is 4. The highest BCUT2D eigenvalue weighted by Crippen LogP contribution is 2.22. The van der Waals surface area contributed by atoms with Gasteiger partial charge in [0.2, 0.25) is 6.34 Å². The predicted molar refractivity (Wildman–Crippen MR) is 120 cm³/mol. The second kappa shape index (κ2) is 9.41. The third kappa shape index (κ3) is 5.16. The quantitative estimate of drug-likeness (QED) is 0.118. The van der Waals surface area contributed by atoms with Gasteiger partial charge in [0.1, 0.15) is 17.2 Å². The molecule has 0 saturated carbocycles. The minimum atomic E-state index is -0.302. The van der Waals surface area contributed by atoms with Crippen LogP contribution < -0.4 is 15.4 Å². The monoisotopic (exact) mass is 412 g/mol. The number of anilines is 1. The van der Waals surface area contributed by atoms with Gasteiger partial charge in [-0.05, 0) is 53.2 Å². The number of pyridine rings is 1. The Morgan fingerprint density at radius 2 is 1.65 bits per heavy atom. The van der Waals surface area contributed by atoms with E-state index in [0.717, 1.165) is 10.8 Å². The van der Waals surface area contributed by atoms with Gasteiger partial charge in [-0.2, -0.15) is 0 Å². The van der Waals surface area contributed by atoms with E-state index in [4.69, 9.17) is 4.74 Å². The molecule has 2 N–H and O–H groups in total. The molecule has 4 aromatic rings. The zero-order valence-corrected chi connectivity index (χ0v) is 16.6. The van der Waals surface area contributed by atoms with Crippen molar-refractivity contribution in [3.63, 3.8) is 0 Å². The van der Waals surface area contributed by atoms with Crippen LogP contribution in [0.15, 0.2) is 91.3 Å². The smallest absolute Gasteiger partial charge is 0.254 e. The molecule has 1 heterocycles. The van der Waals surface area contributed by atoms with E-state index < -0.39 is 0 Å². The molecule has 0 unspecified atom stereocenters. The first-order chi connectivity index (χ1) is 15.2. The molecule has 7 nitrogen and oxygen atoms in total. The van der Waals surface area contributed by atoms with Crippen molar-refractivity contribution in [1.29, 1.82) is 0 Å². The van der Waals surface area contributed by atoms with E-state index in [9.17, 15) is 10.0 Å². The lowest BCUT2D eigenvalue weighted by atomic mass is 10.0. The maximum Gasteiger partial charge on any atom is 0.254 e. The van der Waals surface area contributed by atoms with Gasteiger partial charge in [-0.25, -0.2) is 5.32 Å². The lowest BCUT2D eigenvalue weighted by molar-refractivity contribution is -0.456. The maximum atomic E-state index is 12.5. The normalized spacial score (nSPS) is 11.2. The van der Waals surface area contributed by atoms with Crippen molar-refractivity contribution in [3.8, 4) is 11.5 Å². The number of carbonyl (C=O) groups is 1. The van der Waals surface area contributed by atoms with Crippen molar-refractivity contribution in [3.05, 3.63) is 102 Å². The summed E-state index contributed by atoms with van der Waals surface area (Å²) in [7, 11) is 0. The average molecular weight is 412 g/mol. The van der Waals surface area contributed by atoms with Crippen LogP contribution in [-0.2, 0) is 0 Å². The molecule has 0 aliphatic carbocycles. The van der Waals surface area contributed by atoms with Crippen molar-refractivity contribution < 1.29 is 14.3 Å². The van der Waals surface area contributed by atoms with Gasteiger partial charge in [0.25, 0.3) is 5.91 Å². The van der Waals surface area contributed by atoms with Crippen molar-refractivity contribution in [2.24, 2.45) is 0 Å². The molecule has 7 heteroatoms. The summed E-state index contributed by atoms with van der Waals surface area (Å²) >= 11 is 0. The standard InChI is InChI=1S/C24H20N4O3/c29-24(23-7-3-5-18-4-1-2-6-22(18)23)27-17-28(30)16-26-19-8-10-20(11-9-19)31-21-12-14-25-15-13-21/h1-16,26H,17H2,(H,27,29)/b28-16+. The Bertz CT molecular complexity index is 1200. The fourth-order valence-electron chi connectivity index (χ4n) is 3.02. The third-order valence-electron chi connectivity index (χ3n) is 4.54. The molecule has 0 atom stereocenters. The van der Waals surface area contributed by atoms with Crippen molar-refractivity contribution in [1.82, 2.24) is 10.3 Å². The summed E-state index contributed by atoms with van der Waals surface area (Å²) in [6, 6.07) is 23.8. The summed E-state index contributed by atoms with van der Waals surface area (Å²) in [6.45, 7) is -0.182. The SMILES string of the molecule is O=C(NC/[N+]([O-])=C\Nc1ccc(Oc2ccncc2)cc1)c1cccc2ccccc12. The Hall–Kier alpha value is -4.39. The number of hydrogen-bond donors (Lipinski definition) is 2. The molecule has 0 fully saturated rings. The van der Waals surface area contributed by atoms with Crippen LogP contribution in [0.1, 0.15) is 10.4 Å². The first kappa shape index (κ1) is 19.9. The number of hydroxylamine groups is 1. The van der Waals surface area contributed by atoms with Gasteiger partial charge < -0.3 is 15.3 Å². The first-order valence-electron chi connectivity index (χ1n) is 9.66. The molecule has 0 spiro atoms. The Balaban J connectivity index is 1.32. The number of carbonyl (C=O) groups excluding carboxylic acids is 1. The van der Waals surface area contributed by atoms with E-state index in [1.165, 1.54) is 6.34 Å². The van der Waals surface area contributed by atoms with Crippen LogP contribution in [0.2, 0.25) is 0 Å². The topological polar surface area (TPSA) is 89.3 Å². The molecule has 0 aliphatic rings. The number of amides is 1.